The first-order chi connectivity index (χ1) is 5.81. The number of carbonyl (C=O) groups is 2. The lowest BCUT2D eigenvalue weighted by Crippen LogP contribution is -2.29. The molecule has 0 saturated heterocycles. The quantitative estimate of drug-likeness (QED) is 0.641. The second-order valence-corrected chi connectivity index (χ2v) is 8.57. The number of hydrogen-bond donors (Lipinski definition) is 0. The van der Waals surface area contributed by atoms with Gasteiger partial charge in [0, 0.05) is 12.8 Å². The molecule has 0 bridgehead atoms. The topological polar surface area (TPSA) is 43.4 Å². The van der Waals surface area contributed by atoms with E-state index in [1.165, 1.54) is 6.92 Å². The van der Waals surface area contributed by atoms with Crippen molar-refractivity contribution in [3.05, 3.63) is 0 Å². The third-order valence-electron chi connectivity index (χ3n) is 1.33. The molecule has 0 atom stereocenters. The molecule has 76 valence electrons. The lowest BCUT2D eigenvalue weighted by atomic mass is 10.2. The summed E-state index contributed by atoms with van der Waals surface area (Å²) in [4.78, 5) is 21.7. The lowest BCUT2D eigenvalue weighted by Gasteiger charge is -2.16. The van der Waals surface area contributed by atoms with Crippen LogP contribution in [0, 0.1) is 0 Å². The molecular weight excluding hydrogens is 184 g/mol. The zero-order valence-electron chi connectivity index (χ0n) is 8.85. The molecule has 4 heteroatoms. The van der Waals surface area contributed by atoms with Crippen molar-refractivity contribution in [2.24, 2.45) is 0 Å². The van der Waals surface area contributed by atoms with E-state index in [0.717, 1.165) is 0 Å². The van der Waals surface area contributed by atoms with Crippen molar-refractivity contribution in [2.45, 2.75) is 45.8 Å². The Labute approximate surface area is 80.6 Å². The molecule has 13 heavy (non-hydrogen) atoms. The minimum atomic E-state index is -1.73. The SMILES string of the molecule is CC(=O)CCCC(=O)O[Si](C)(C)C. The Morgan fingerprint density at radius 2 is 1.69 bits per heavy atom. The van der Waals surface area contributed by atoms with Gasteiger partial charge >= 0.3 is 0 Å². The van der Waals surface area contributed by atoms with Crippen molar-refractivity contribution in [1.29, 1.82) is 0 Å². The number of ketones is 1. The van der Waals surface area contributed by atoms with Crippen LogP contribution in [0.2, 0.25) is 19.6 Å². The second kappa shape index (κ2) is 5.17. The van der Waals surface area contributed by atoms with E-state index < -0.39 is 8.32 Å². The molecule has 0 heterocycles. The number of carbonyl (C=O) groups excluding carboxylic acids is 2. The molecule has 0 aliphatic heterocycles. The summed E-state index contributed by atoms with van der Waals surface area (Å²) < 4.78 is 5.21. The zero-order valence-corrected chi connectivity index (χ0v) is 9.85. The van der Waals surface area contributed by atoms with E-state index in [4.69, 9.17) is 4.43 Å². The van der Waals surface area contributed by atoms with Gasteiger partial charge in [0.15, 0.2) is 0 Å². The Morgan fingerprint density at radius 1 is 1.15 bits per heavy atom. The van der Waals surface area contributed by atoms with Crippen LogP contribution < -0.4 is 0 Å². The Morgan fingerprint density at radius 3 is 2.08 bits per heavy atom. The van der Waals surface area contributed by atoms with Gasteiger partial charge in [-0.2, -0.15) is 0 Å². The minimum Gasteiger partial charge on any atom is -0.520 e. The monoisotopic (exact) mass is 202 g/mol. The van der Waals surface area contributed by atoms with Crippen molar-refractivity contribution < 1.29 is 14.0 Å². The van der Waals surface area contributed by atoms with Crippen molar-refractivity contribution in [3.63, 3.8) is 0 Å². The van der Waals surface area contributed by atoms with Crippen LogP contribution >= 0.6 is 0 Å². The molecular formula is C9H18O3Si. The molecule has 0 aromatic rings. The molecule has 0 aromatic heterocycles. The third-order valence-corrected chi connectivity index (χ3v) is 2.17. The number of Topliss-reactive ketones (excluding diaryl/α,β-unsaturated/α-hetero) is 1. The van der Waals surface area contributed by atoms with Gasteiger partial charge in [0.2, 0.25) is 8.32 Å². The zero-order chi connectivity index (χ0) is 10.5. The van der Waals surface area contributed by atoms with Crippen LogP contribution in [-0.2, 0) is 14.0 Å². The summed E-state index contributed by atoms with van der Waals surface area (Å²) in [6.07, 6.45) is 1.45. The molecule has 0 aliphatic carbocycles. The Bertz CT molecular complexity index is 194. The summed E-state index contributed by atoms with van der Waals surface area (Å²) in [6, 6.07) is 0. The van der Waals surface area contributed by atoms with Crippen molar-refractivity contribution in [2.75, 3.05) is 0 Å². The maximum Gasteiger partial charge on any atom is 0.292 e. The number of rotatable bonds is 5. The lowest BCUT2D eigenvalue weighted by molar-refractivity contribution is -0.135. The van der Waals surface area contributed by atoms with Crippen LogP contribution in [0.4, 0.5) is 0 Å². The molecule has 0 unspecified atom stereocenters. The summed E-state index contributed by atoms with van der Waals surface area (Å²) in [5.41, 5.74) is 0. The van der Waals surface area contributed by atoms with Crippen molar-refractivity contribution >= 4 is 20.1 Å². The van der Waals surface area contributed by atoms with Gasteiger partial charge in [-0.3, -0.25) is 4.79 Å². The molecule has 0 rings (SSSR count). The maximum atomic E-state index is 11.1. The highest BCUT2D eigenvalue weighted by Crippen LogP contribution is 2.06. The Kier molecular flexibility index (Phi) is 4.91. The Balaban J connectivity index is 3.59. The molecule has 0 spiro atoms. The predicted molar refractivity (Wildman–Crippen MR) is 54.0 cm³/mol. The molecule has 0 aliphatic rings. The molecule has 0 fully saturated rings. The molecule has 0 aromatic carbocycles. The van der Waals surface area contributed by atoms with Gasteiger partial charge in [0.05, 0.1) is 0 Å². The fourth-order valence-electron chi connectivity index (χ4n) is 0.874. The summed E-state index contributed by atoms with van der Waals surface area (Å²) in [6.45, 7) is 7.44. The molecule has 0 amide bonds. The highest BCUT2D eigenvalue weighted by atomic mass is 28.4. The van der Waals surface area contributed by atoms with E-state index in [1.807, 2.05) is 19.6 Å². The molecule has 0 radical (unpaired) electrons. The Hall–Kier alpha value is -0.643. The van der Waals surface area contributed by atoms with Gasteiger partial charge in [-0.1, -0.05) is 0 Å². The van der Waals surface area contributed by atoms with Gasteiger partial charge < -0.3 is 9.22 Å². The highest BCUT2D eigenvalue weighted by molar-refractivity contribution is 6.71. The van der Waals surface area contributed by atoms with E-state index in [-0.39, 0.29) is 11.8 Å². The predicted octanol–water partition coefficient (Wildman–Crippen LogP) is 2.12. The first kappa shape index (κ1) is 12.4. The first-order valence-electron chi connectivity index (χ1n) is 4.52. The van der Waals surface area contributed by atoms with Crippen LogP contribution in [0.25, 0.3) is 0 Å². The third kappa shape index (κ3) is 9.27. The van der Waals surface area contributed by atoms with Gasteiger partial charge in [-0.25, -0.2) is 0 Å². The smallest absolute Gasteiger partial charge is 0.292 e. The van der Waals surface area contributed by atoms with E-state index in [1.54, 1.807) is 0 Å². The van der Waals surface area contributed by atoms with Crippen LogP contribution in [0.15, 0.2) is 0 Å². The van der Waals surface area contributed by atoms with Crippen LogP contribution in [0.3, 0.4) is 0 Å². The van der Waals surface area contributed by atoms with Crippen molar-refractivity contribution in [3.8, 4) is 0 Å². The van der Waals surface area contributed by atoms with Gasteiger partial charge in [0.1, 0.15) is 5.78 Å². The summed E-state index contributed by atoms with van der Waals surface area (Å²) in [5, 5.41) is 0. The van der Waals surface area contributed by atoms with Crippen molar-refractivity contribution in [1.82, 2.24) is 0 Å². The summed E-state index contributed by atoms with van der Waals surface area (Å²) in [7, 11) is -1.73. The molecule has 0 N–H and O–H groups in total. The van der Waals surface area contributed by atoms with Gasteiger partial charge in [0.25, 0.3) is 5.97 Å². The highest BCUT2D eigenvalue weighted by Gasteiger charge is 2.19. The molecule has 3 nitrogen and oxygen atoms in total. The summed E-state index contributed by atoms with van der Waals surface area (Å²) in [5.74, 6) is -0.0405. The van der Waals surface area contributed by atoms with E-state index in [0.29, 0.717) is 19.3 Å². The van der Waals surface area contributed by atoms with Crippen LogP contribution in [0.5, 0.6) is 0 Å². The normalized spacial score (nSPS) is 11.1. The second-order valence-electron chi connectivity index (χ2n) is 4.14. The summed E-state index contributed by atoms with van der Waals surface area (Å²) >= 11 is 0. The van der Waals surface area contributed by atoms with Gasteiger partial charge in [-0.15, -0.1) is 0 Å². The maximum absolute atomic E-state index is 11.1. The fraction of sp³-hybridized carbons (Fsp3) is 0.778. The van der Waals surface area contributed by atoms with Crippen LogP contribution in [0.1, 0.15) is 26.2 Å². The standard InChI is InChI=1S/C9H18O3Si/c1-8(10)6-5-7-9(11)12-13(2,3)4/h5-7H2,1-4H3. The number of hydrogen-bond acceptors (Lipinski definition) is 3. The van der Waals surface area contributed by atoms with E-state index in [9.17, 15) is 9.59 Å². The van der Waals surface area contributed by atoms with Crippen LogP contribution in [-0.4, -0.2) is 20.1 Å². The average Bonchev–Trinajstić information content (AvgIpc) is 1.81. The molecule has 0 saturated carbocycles. The fourth-order valence-corrected chi connectivity index (χ4v) is 1.66. The van der Waals surface area contributed by atoms with Gasteiger partial charge in [-0.05, 0) is 33.0 Å². The largest absolute Gasteiger partial charge is 0.520 e. The first-order valence-corrected chi connectivity index (χ1v) is 7.93. The minimum absolute atomic E-state index is 0.126. The van der Waals surface area contributed by atoms with E-state index in [2.05, 4.69) is 0 Å². The average molecular weight is 202 g/mol. The van der Waals surface area contributed by atoms with E-state index >= 15 is 0 Å².